The van der Waals surface area contributed by atoms with E-state index < -0.39 is 0 Å². The summed E-state index contributed by atoms with van der Waals surface area (Å²) < 4.78 is 0. The largest absolute Gasteiger partial charge is 0.356 e. The molecule has 4 heteroatoms. The van der Waals surface area contributed by atoms with Crippen LogP contribution in [0.1, 0.15) is 44.7 Å². The number of anilines is 1. The quantitative estimate of drug-likeness (QED) is 0.770. The predicted octanol–water partition coefficient (Wildman–Crippen LogP) is 4.09. The van der Waals surface area contributed by atoms with Crippen LogP contribution in [0, 0.1) is 5.92 Å². The standard InChI is InChI=1S/C24H30N2O2/c1-24(2,3)20-11-13-21(14-12-20)26-17-19(16-22(26)27)23(28)25-15-7-10-18-8-5-4-6-9-18/h4-6,8-9,11-14,19H,7,10,15-17H2,1-3H3,(H,25,28). The van der Waals surface area contributed by atoms with Crippen LogP contribution in [0.5, 0.6) is 0 Å². The summed E-state index contributed by atoms with van der Waals surface area (Å²) in [5, 5.41) is 3.00. The van der Waals surface area contributed by atoms with Gasteiger partial charge in [0.25, 0.3) is 0 Å². The Labute approximate surface area is 167 Å². The monoisotopic (exact) mass is 378 g/mol. The Bertz CT molecular complexity index is 807. The molecule has 2 aromatic carbocycles. The summed E-state index contributed by atoms with van der Waals surface area (Å²) in [5.74, 6) is -0.269. The lowest BCUT2D eigenvalue weighted by Crippen LogP contribution is -2.33. The number of aryl methyl sites for hydroxylation is 1. The first-order valence-corrected chi connectivity index (χ1v) is 10.1. The van der Waals surface area contributed by atoms with E-state index in [-0.39, 0.29) is 29.6 Å². The molecule has 1 saturated heterocycles. The van der Waals surface area contributed by atoms with Crippen molar-refractivity contribution in [2.45, 2.75) is 45.4 Å². The lowest BCUT2D eigenvalue weighted by Gasteiger charge is -2.21. The zero-order valence-corrected chi connectivity index (χ0v) is 17.1. The van der Waals surface area contributed by atoms with Crippen molar-refractivity contribution in [3.8, 4) is 0 Å². The Kier molecular flexibility index (Phi) is 6.18. The van der Waals surface area contributed by atoms with Gasteiger partial charge in [-0.05, 0) is 41.5 Å². The van der Waals surface area contributed by atoms with Gasteiger partial charge in [-0.15, -0.1) is 0 Å². The molecular formula is C24H30N2O2. The van der Waals surface area contributed by atoms with Gasteiger partial charge in [0.2, 0.25) is 11.8 Å². The Morgan fingerprint density at radius 2 is 1.75 bits per heavy atom. The number of hydrogen-bond acceptors (Lipinski definition) is 2. The first-order chi connectivity index (χ1) is 13.3. The molecule has 1 fully saturated rings. The third kappa shape index (κ3) is 5.00. The summed E-state index contributed by atoms with van der Waals surface area (Å²) in [6, 6.07) is 18.4. The highest BCUT2D eigenvalue weighted by Gasteiger charge is 2.35. The summed E-state index contributed by atoms with van der Waals surface area (Å²) in [7, 11) is 0. The summed E-state index contributed by atoms with van der Waals surface area (Å²) in [6.45, 7) is 7.60. The van der Waals surface area contributed by atoms with Crippen molar-refractivity contribution >= 4 is 17.5 Å². The van der Waals surface area contributed by atoms with Crippen LogP contribution >= 0.6 is 0 Å². The molecule has 0 saturated carbocycles. The average Bonchev–Trinajstić information content (AvgIpc) is 3.07. The molecule has 1 aliphatic rings. The average molecular weight is 379 g/mol. The van der Waals surface area contributed by atoms with E-state index in [0.717, 1.165) is 18.5 Å². The van der Waals surface area contributed by atoms with Crippen molar-refractivity contribution in [2.24, 2.45) is 5.92 Å². The number of amides is 2. The molecule has 28 heavy (non-hydrogen) atoms. The van der Waals surface area contributed by atoms with E-state index in [1.54, 1.807) is 4.90 Å². The molecule has 0 bridgehead atoms. The van der Waals surface area contributed by atoms with E-state index in [4.69, 9.17) is 0 Å². The minimum atomic E-state index is -0.272. The molecule has 1 atom stereocenters. The van der Waals surface area contributed by atoms with E-state index in [0.29, 0.717) is 13.1 Å². The van der Waals surface area contributed by atoms with Crippen LogP contribution < -0.4 is 10.2 Å². The highest BCUT2D eigenvalue weighted by molar-refractivity contribution is 6.00. The smallest absolute Gasteiger partial charge is 0.227 e. The maximum Gasteiger partial charge on any atom is 0.227 e. The lowest BCUT2D eigenvalue weighted by atomic mass is 9.87. The van der Waals surface area contributed by atoms with Crippen molar-refractivity contribution < 1.29 is 9.59 Å². The maximum absolute atomic E-state index is 12.5. The summed E-state index contributed by atoms with van der Waals surface area (Å²) in [5.41, 5.74) is 3.46. The number of carbonyl (C=O) groups is 2. The molecule has 1 N–H and O–H groups in total. The van der Waals surface area contributed by atoms with Crippen molar-refractivity contribution in [1.82, 2.24) is 5.32 Å². The maximum atomic E-state index is 12.5. The van der Waals surface area contributed by atoms with Crippen molar-refractivity contribution in [3.63, 3.8) is 0 Å². The molecule has 2 aromatic rings. The minimum Gasteiger partial charge on any atom is -0.356 e. The third-order valence-corrected chi connectivity index (χ3v) is 5.33. The summed E-state index contributed by atoms with van der Waals surface area (Å²) in [6.07, 6.45) is 2.12. The van der Waals surface area contributed by atoms with Crippen molar-refractivity contribution in [1.29, 1.82) is 0 Å². The fourth-order valence-electron chi connectivity index (χ4n) is 3.57. The molecule has 3 rings (SSSR count). The second kappa shape index (κ2) is 8.59. The number of hydrogen-bond donors (Lipinski definition) is 1. The molecule has 0 aromatic heterocycles. The van der Waals surface area contributed by atoms with Gasteiger partial charge in [0.15, 0.2) is 0 Å². The van der Waals surface area contributed by atoms with Gasteiger partial charge in [0.1, 0.15) is 0 Å². The SMILES string of the molecule is CC(C)(C)c1ccc(N2CC(C(=O)NCCCc3ccccc3)CC2=O)cc1. The molecule has 1 heterocycles. The van der Waals surface area contributed by atoms with E-state index in [1.165, 1.54) is 11.1 Å². The number of benzene rings is 2. The van der Waals surface area contributed by atoms with Gasteiger partial charge in [0, 0.05) is 25.2 Å². The zero-order chi connectivity index (χ0) is 20.1. The second-order valence-corrected chi connectivity index (χ2v) is 8.58. The molecule has 1 unspecified atom stereocenters. The zero-order valence-electron chi connectivity index (χ0n) is 17.1. The van der Waals surface area contributed by atoms with Gasteiger partial charge in [-0.3, -0.25) is 9.59 Å². The normalized spacial score (nSPS) is 17.0. The number of nitrogens with zero attached hydrogens (tertiary/aromatic N) is 1. The second-order valence-electron chi connectivity index (χ2n) is 8.58. The Hall–Kier alpha value is -2.62. The van der Waals surface area contributed by atoms with Gasteiger partial charge in [-0.2, -0.15) is 0 Å². The van der Waals surface area contributed by atoms with Crippen LogP contribution in [0.4, 0.5) is 5.69 Å². The number of rotatable bonds is 6. The number of nitrogens with one attached hydrogen (secondary N) is 1. The molecule has 4 nitrogen and oxygen atoms in total. The fraction of sp³-hybridized carbons (Fsp3) is 0.417. The molecule has 0 radical (unpaired) electrons. The van der Waals surface area contributed by atoms with E-state index in [1.807, 2.05) is 30.3 Å². The topological polar surface area (TPSA) is 49.4 Å². The molecule has 148 valence electrons. The molecule has 1 aliphatic heterocycles. The molecular weight excluding hydrogens is 348 g/mol. The fourth-order valence-corrected chi connectivity index (χ4v) is 3.57. The van der Waals surface area contributed by atoms with Crippen LogP contribution in [0.25, 0.3) is 0 Å². The van der Waals surface area contributed by atoms with Crippen LogP contribution in [-0.2, 0) is 21.4 Å². The summed E-state index contributed by atoms with van der Waals surface area (Å²) >= 11 is 0. The van der Waals surface area contributed by atoms with E-state index >= 15 is 0 Å². The van der Waals surface area contributed by atoms with Crippen LogP contribution in [0.2, 0.25) is 0 Å². The first-order valence-electron chi connectivity index (χ1n) is 10.1. The highest BCUT2D eigenvalue weighted by atomic mass is 16.2. The Morgan fingerprint density at radius 1 is 1.07 bits per heavy atom. The van der Waals surface area contributed by atoms with E-state index in [9.17, 15) is 9.59 Å². The Balaban J connectivity index is 1.50. The van der Waals surface area contributed by atoms with Gasteiger partial charge < -0.3 is 10.2 Å². The Morgan fingerprint density at radius 3 is 2.39 bits per heavy atom. The van der Waals surface area contributed by atoms with E-state index in [2.05, 4.69) is 50.4 Å². The van der Waals surface area contributed by atoms with Gasteiger partial charge in [0.05, 0.1) is 5.92 Å². The van der Waals surface area contributed by atoms with Crippen LogP contribution in [0.15, 0.2) is 54.6 Å². The third-order valence-electron chi connectivity index (χ3n) is 5.33. The predicted molar refractivity (Wildman–Crippen MR) is 113 cm³/mol. The lowest BCUT2D eigenvalue weighted by molar-refractivity contribution is -0.126. The molecule has 2 amide bonds. The minimum absolute atomic E-state index is 0.0183. The van der Waals surface area contributed by atoms with Crippen LogP contribution in [0.3, 0.4) is 0 Å². The van der Waals surface area contributed by atoms with Crippen molar-refractivity contribution in [2.75, 3.05) is 18.0 Å². The van der Waals surface area contributed by atoms with Gasteiger partial charge in [-0.1, -0.05) is 63.2 Å². The first kappa shape index (κ1) is 20.1. The highest BCUT2D eigenvalue weighted by Crippen LogP contribution is 2.28. The summed E-state index contributed by atoms with van der Waals surface area (Å²) in [4.78, 5) is 26.6. The number of carbonyl (C=O) groups excluding carboxylic acids is 2. The molecule has 0 aliphatic carbocycles. The molecule has 0 spiro atoms. The van der Waals surface area contributed by atoms with Gasteiger partial charge in [-0.25, -0.2) is 0 Å². The van der Waals surface area contributed by atoms with Crippen LogP contribution in [-0.4, -0.2) is 24.9 Å². The van der Waals surface area contributed by atoms with Gasteiger partial charge >= 0.3 is 0 Å². The van der Waals surface area contributed by atoms with Crippen molar-refractivity contribution in [3.05, 3.63) is 65.7 Å².